The van der Waals surface area contributed by atoms with Crippen LogP contribution in [0.25, 0.3) is 0 Å². The largest absolute Gasteiger partial charge is 0.484 e. The number of piperidine rings is 1. The van der Waals surface area contributed by atoms with Crippen molar-refractivity contribution in [2.75, 3.05) is 46.0 Å². The Balaban J connectivity index is 1.21. The van der Waals surface area contributed by atoms with Crippen LogP contribution in [-0.2, 0) is 9.53 Å². The number of rotatable bonds is 6. The number of carbonyl (C=O) groups is 1. The van der Waals surface area contributed by atoms with Crippen LogP contribution in [0.5, 0.6) is 5.75 Å². The number of benzene rings is 1. The van der Waals surface area contributed by atoms with Crippen LogP contribution in [0.3, 0.4) is 0 Å². The Morgan fingerprint density at radius 2 is 2.00 bits per heavy atom. The van der Waals surface area contributed by atoms with E-state index < -0.39 is 0 Å². The van der Waals surface area contributed by atoms with Crippen LogP contribution in [0, 0.1) is 12.3 Å². The Morgan fingerprint density at radius 1 is 1.24 bits per heavy atom. The third-order valence-corrected chi connectivity index (χ3v) is 6.99. The fourth-order valence-electron chi connectivity index (χ4n) is 5.07. The van der Waals surface area contributed by atoms with Crippen LogP contribution >= 0.6 is 0 Å². The lowest BCUT2D eigenvalue weighted by Gasteiger charge is -2.38. The van der Waals surface area contributed by atoms with E-state index in [2.05, 4.69) is 4.90 Å². The Bertz CT molecular complexity index is 685. The molecule has 1 N–H and O–H groups in total. The molecule has 0 aromatic heterocycles. The Hall–Kier alpha value is -1.63. The summed E-state index contributed by atoms with van der Waals surface area (Å²) in [4.78, 5) is 16.9. The first-order valence-electron chi connectivity index (χ1n) is 11.0. The summed E-state index contributed by atoms with van der Waals surface area (Å²) in [5, 5.41) is 9.53. The molecule has 6 heteroatoms. The molecule has 1 aromatic rings. The van der Waals surface area contributed by atoms with Crippen LogP contribution in [0.15, 0.2) is 24.3 Å². The van der Waals surface area contributed by atoms with Gasteiger partial charge in [-0.05, 0) is 63.1 Å². The van der Waals surface area contributed by atoms with Gasteiger partial charge in [0.15, 0.2) is 6.61 Å². The summed E-state index contributed by atoms with van der Waals surface area (Å²) in [5.41, 5.74) is 1.40. The molecule has 0 bridgehead atoms. The Labute approximate surface area is 173 Å². The maximum atomic E-state index is 12.5. The molecular formula is C23H34N2O4. The highest BCUT2D eigenvalue weighted by Gasteiger charge is 2.44. The maximum Gasteiger partial charge on any atom is 0.260 e. The molecule has 1 aromatic carbocycles. The second-order valence-electron chi connectivity index (χ2n) is 9.09. The van der Waals surface area contributed by atoms with Crippen molar-refractivity contribution in [2.24, 2.45) is 5.41 Å². The fourth-order valence-corrected chi connectivity index (χ4v) is 5.07. The molecule has 29 heavy (non-hydrogen) atoms. The topological polar surface area (TPSA) is 62.2 Å². The monoisotopic (exact) mass is 402 g/mol. The molecular weight excluding hydrogens is 368 g/mol. The average Bonchev–Trinajstić information content (AvgIpc) is 3.35. The second kappa shape index (κ2) is 9.02. The van der Waals surface area contributed by atoms with E-state index in [1.807, 2.05) is 36.1 Å². The predicted octanol–water partition coefficient (Wildman–Crippen LogP) is 2.23. The number of hydrogen-bond donors (Lipinski definition) is 1. The number of likely N-dealkylation sites (tertiary alicyclic amines) is 2. The minimum atomic E-state index is 0.0683. The highest BCUT2D eigenvalue weighted by molar-refractivity contribution is 5.77. The van der Waals surface area contributed by atoms with Gasteiger partial charge in [-0.3, -0.25) is 9.69 Å². The number of aliphatic hydroxyl groups excluding tert-OH is 1. The normalized spacial score (nSPS) is 26.9. The lowest BCUT2D eigenvalue weighted by molar-refractivity contribution is -0.135. The van der Waals surface area contributed by atoms with E-state index in [-0.39, 0.29) is 30.6 Å². The molecule has 1 amide bonds. The van der Waals surface area contributed by atoms with E-state index in [4.69, 9.17) is 9.47 Å². The summed E-state index contributed by atoms with van der Waals surface area (Å²) in [5.74, 6) is 0.811. The lowest BCUT2D eigenvalue weighted by Crippen LogP contribution is -2.45. The molecule has 0 radical (unpaired) electrons. The smallest absolute Gasteiger partial charge is 0.260 e. The summed E-state index contributed by atoms with van der Waals surface area (Å²) in [6.45, 7) is 6.76. The van der Waals surface area contributed by atoms with Crippen molar-refractivity contribution in [3.8, 4) is 5.75 Å². The Kier molecular flexibility index (Phi) is 6.42. The molecule has 4 rings (SSSR count). The van der Waals surface area contributed by atoms with Gasteiger partial charge in [0.25, 0.3) is 5.91 Å². The van der Waals surface area contributed by atoms with Crippen molar-refractivity contribution in [1.29, 1.82) is 0 Å². The first kappa shape index (κ1) is 20.6. The van der Waals surface area contributed by atoms with Crippen LogP contribution in [0.1, 0.15) is 37.7 Å². The van der Waals surface area contributed by atoms with Crippen molar-refractivity contribution >= 4 is 5.91 Å². The molecule has 0 aliphatic carbocycles. The van der Waals surface area contributed by atoms with Gasteiger partial charge in [0.05, 0.1) is 19.3 Å². The third-order valence-electron chi connectivity index (χ3n) is 6.99. The summed E-state index contributed by atoms with van der Waals surface area (Å²) in [6.07, 6.45) is 5.60. The molecule has 0 unspecified atom stereocenters. The van der Waals surface area contributed by atoms with E-state index in [0.717, 1.165) is 64.2 Å². The van der Waals surface area contributed by atoms with Crippen molar-refractivity contribution < 1.29 is 19.4 Å². The van der Waals surface area contributed by atoms with Crippen LogP contribution in [0.4, 0.5) is 0 Å². The number of hydrogen-bond acceptors (Lipinski definition) is 5. The molecule has 3 aliphatic rings. The number of nitrogens with zero attached hydrogens (tertiary/aromatic N) is 2. The molecule has 3 heterocycles. The van der Waals surface area contributed by atoms with Crippen molar-refractivity contribution in [2.45, 2.75) is 51.2 Å². The van der Waals surface area contributed by atoms with Gasteiger partial charge in [0.2, 0.25) is 0 Å². The third kappa shape index (κ3) is 4.93. The average molecular weight is 403 g/mol. The standard InChI is InChI=1S/C23H34N2O4/c1-18-4-6-20(7-5-18)28-16-22(27)24-11-8-23(9-12-24)13-21(29-17-23)14-25-10-2-3-19(25)15-26/h4-7,19,21,26H,2-3,8-17H2,1H3/t19-,21+/m0/s1. The zero-order valence-corrected chi connectivity index (χ0v) is 17.5. The van der Waals surface area contributed by atoms with Gasteiger partial charge >= 0.3 is 0 Å². The summed E-state index contributed by atoms with van der Waals surface area (Å²) >= 11 is 0. The van der Waals surface area contributed by atoms with Crippen LogP contribution in [0.2, 0.25) is 0 Å². The molecule has 3 fully saturated rings. The van der Waals surface area contributed by atoms with Gasteiger partial charge in [-0.2, -0.15) is 0 Å². The number of aliphatic hydroxyl groups is 1. The van der Waals surface area contributed by atoms with Crippen molar-refractivity contribution in [1.82, 2.24) is 9.80 Å². The van der Waals surface area contributed by atoms with E-state index in [0.29, 0.717) is 6.04 Å². The van der Waals surface area contributed by atoms with E-state index in [1.54, 1.807) is 0 Å². The first-order chi connectivity index (χ1) is 14.1. The van der Waals surface area contributed by atoms with E-state index >= 15 is 0 Å². The molecule has 3 saturated heterocycles. The maximum absolute atomic E-state index is 12.5. The SMILES string of the molecule is Cc1ccc(OCC(=O)N2CCC3(CC2)CO[C@@H](CN2CCC[C@H]2CO)C3)cc1. The van der Waals surface area contributed by atoms with E-state index in [9.17, 15) is 9.90 Å². The molecule has 160 valence electrons. The second-order valence-corrected chi connectivity index (χ2v) is 9.09. The number of carbonyl (C=O) groups excluding carboxylic acids is 1. The minimum Gasteiger partial charge on any atom is -0.484 e. The molecule has 1 spiro atoms. The summed E-state index contributed by atoms with van der Waals surface area (Å²) < 4.78 is 11.8. The zero-order chi connectivity index (χ0) is 20.3. The fraction of sp³-hybridized carbons (Fsp3) is 0.696. The summed E-state index contributed by atoms with van der Waals surface area (Å²) in [6, 6.07) is 8.11. The minimum absolute atomic E-state index is 0.0683. The van der Waals surface area contributed by atoms with Gasteiger partial charge in [0, 0.05) is 25.7 Å². The van der Waals surface area contributed by atoms with Gasteiger partial charge in [-0.1, -0.05) is 17.7 Å². The van der Waals surface area contributed by atoms with Crippen molar-refractivity contribution in [3.63, 3.8) is 0 Å². The number of amides is 1. The van der Waals surface area contributed by atoms with Crippen molar-refractivity contribution in [3.05, 3.63) is 29.8 Å². The highest BCUT2D eigenvalue weighted by Crippen LogP contribution is 2.42. The predicted molar refractivity (Wildman–Crippen MR) is 111 cm³/mol. The quantitative estimate of drug-likeness (QED) is 0.791. The highest BCUT2D eigenvalue weighted by atomic mass is 16.5. The van der Waals surface area contributed by atoms with Crippen LogP contribution in [-0.4, -0.2) is 79.0 Å². The van der Waals surface area contributed by atoms with E-state index in [1.165, 1.54) is 12.0 Å². The first-order valence-corrected chi connectivity index (χ1v) is 11.0. The van der Waals surface area contributed by atoms with Crippen LogP contribution < -0.4 is 4.74 Å². The zero-order valence-electron chi connectivity index (χ0n) is 17.5. The molecule has 2 atom stereocenters. The molecule has 3 aliphatic heterocycles. The molecule has 6 nitrogen and oxygen atoms in total. The van der Waals surface area contributed by atoms with Gasteiger partial charge in [-0.25, -0.2) is 0 Å². The lowest BCUT2D eigenvalue weighted by atomic mass is 9.76. The summed E-state index contributed by atoms with van der Waals surface area (Å²) in [7, 11) is 0. The number of ether oxygens (including phenoxy) is 2. The number of aryl methyl sites for hydroxylation is 1. The Morgan fingerprint density at radius 3 is 2.72 bits per heavy atom. The van der Waals surface area contributed by atoms with Gasteiger partial charge in [-0.15, -0.1) is 0 Å². The van der Waals surface area contributed by atoms with Gasteiger partial charge < -0.3 is 19.5 Å². The molecule has 0 saturated carbocycles. The van der Waals surface area contributed by atoms with Gasteiger partial charge in [0.1, 0.15) is 5.75 Å².